The molecule has 0 atom stereocenters. The van der Waals surface area contributed by atoms with E-state index in [1.165, 1.54) is 0 Å². The van der Waals surface area contributed by atoms with Crippen molar-refractivity contribution in [1.29, 1.82) is 0 Å². The molecule has 5 nitrogen and oxygen atoms in total. The normalized spacial score (nSPS) is 11.9. The van der Waals surface area contributed by atoms with Gasteiger partial charge in [-0.05, 0) is 24.6 Å². The molecule has 114 valence electrons. The second-order valence-corrected chi connectivity index (χ2v) is 6.81. The van der Waals surface area contributed by atoms with E-state index in [2.05, 4.69) is 15.0 Å². The van der Waals surface area contributed by atoms with Crippen molar-refractivity contribution in [2.75, 3.05) is 18.8 Å². The fraction of sp³-hybridized carbons (Fsp3) is 0.400. The molecule has 0 saturated heterocycles. The third kappa shape index (κ3) is 4.77. The molecule has 21 heavy (non-hydrogen) atoms. The Morgan fingerprint density at radius 2 is 1.95 bits per heavy atom. The van der Waals surface area contributed by atoms with Gasteiger partial charge in [-0.25, -0.2) is 13.1 Å². The summed E-state index contributed by atoms with van der Waals surface area (Å²) in [7, 11) is -3.27. The zero-order chi connectivity index (χ0) is 15.1. The Morgan fingerprint density at radius 1 is 1.14 bits per heavy atom. The number of rotatable bonds is 8. The molecule has 1 aromatic heterocycles. The first-order valence-electron chi connectivity index (χ1n) is 7.13. The predicted octanol–water partition coefficient (Wildman–Crippen LogP) is 1.65. The summed E-state index contributed by atoms with van der Waals surface area (Å²) in [5.41, 5.74) is 1.73. The Labute approximate surface area is 125 Å². The lowest BCUT2D eigenvalue weighted by atomic mass is 10.1. The number of sulfonamides is 1. The number of benzene rings is 1. The Hall–Kier alpha value is -1.50. The molecule has 0 fully saturated rings. The third-order valence-electron chi connectivity index (χ3n) is 3.17. The van der Waals surface area contributed by atoms with Crippen LogP contribution < -0.4 is 10.0 Å². The van der Waals surface area contributed by atoms with Crippen molar-refractivity contribution in [3.63, 3.8) is 0 Å². The Kier molecular flexibility index (Phi) is 5.67. The number of nitrogens with one attached hydrogen (secondary N) is 2. The minimum absolute atomic E-state index is 0.0885. The van der Waals surface area contributed by atoms with E-state index >= 15 is 0 Å². The maximum Gasteiger partial charge on any atom is 0.213 e. The summed E-state index contributed by atoms with van der Waals surface area (Å²) in [6.45, 7) is 3.62. The topological polar surface area (TPSA) is 71.1 Å². The molecule has 0 amide bonds. The number of nitrogens with zero attached hydrogens (tertiary/aromatic N) is 1. The number of fused-ring (bicyclic) bond motifs is 1. The molecule has 0 radical (unpaired) electrons. The summed E-state index contributed by atoms with van der Waals surface area (Å²) >= 11 is 0. The molecule has 6 heteroatoms. The van der Waals surface area contributed by atoms with E-state index in [0.29, 0.717) is 6.54 Å². The lowest BCUT2D eigenvalue weighted by Crippen LogP contribution is -2.32. The Balaban J connectivity index is 1.98. The second kappa shape index (κ2) is 7.49. The molecule has 0 unspecified atom stereocenters. The Morgan fingerprint density at radius 3 is 2.76 bits per heavy atom. The van der Waals surface area contributed by atoms with Crippen molar-refractivity contribution in [2.45, 2.75) is 19.9 Å². The maximum atomic E-state index is 11.9. The summed E-state index contributed by atoms with van der Waals surface area (Å²) in [4.78, 5) is 4.32. The molecule has 0 saturated carbocycles. The zero-order valence-corrected chi connectivity index (χ0v) is 13.0. The number of aromatic nitrogens is 1. The van der Waals surface area contributed by atoms with Crippen molar-refractivity contribution < 1.29 is 8.42 Å². The zero-order valence-electron chi connectivity index (χ0n) is 12.2. The van der Waals surface area contributed by atoms with E-state index in [9.17, 15) is 8.42 Å². The molecule has 2 rings (SSSR count). The molecule has 0 bridgehead atoms. The van der Waals surface area contributed by atoms with Crippen LogP contribution in [0.4, 0.5) is 0 Å². The molecule has 1 heterocycles. The van der Waals surface area contributed by atoms with E-state index in [0.717, 1.165) is 29.4 Å². The number of hydrogen-bond acceptors (Lipinski definition) is 4. The van der Waals surface area contributed by atoms with E-state index in [-0.39, 0.29) is 12.3 Å². The molecule has 0 aliphatic carbocycles. The standard InChI is InChI=1S/C15H21N3O2S/c1-2-8-16-10-11-21(19,20)18-12-14-6-3-5-13-7-4-9-17-15(13)14/h3-7,9,16,18H,2,8,10-12H2,1H3. The Bertz CT molecular complexity index is 681. The second-order valence-electron chi connectivity index (χ2n) is 4.88. The first-order valence-corrected chi connectivity index (χ1v) is 8.78. The van der Waals surface area contributed by atoms with Gasteiger partial charge in [0.05, 0.1) is 11.3 Å². The summed E-state index contributed by atoms with van der Waals surface area (Å²) in [5, 5.41) is 4.10. The minimum Gasteiger partial charge on any atom is -0.316 e. The van der Waals surface area contributed by atoms with Crippen molar-refractivity contribution >= 4 is 20.9 Å². The highest BCUT2D eigenvalue weighted by atomic mass is 32.2. The summed E-state index contributed by atoms with van der Waals surface area (Å²) in [6, 6.07) is 9.61. The summed E-state index contributed by atoms with van der Waals surface area (Å²) < 4.78 is 26.5. The van der Waals surface area contributed by atoms with Gasteiger partial charge < -0.3 is 5.32 Å². The fourth-order valence-electron chi connectivity index (χ4n) is 2.08. The first kappa shape index (κ1) is 15.9. The fourth-order valence-corrected chi connectivity index (χ4v) is 3.01. The average Bonchev–Trinajstić information content (AvgIpc) is 2.50. The van der Waals surface area contributed by atoms with Crippen LogP contribution in [-0.4, -0.2) is 32.2 Å². The molecule has 0 aliphatic heterocycles. The van der Waals surface area contributed by atoms with Crippen molar-refractivity contribution in [3.05, 3.63) is 42.1 Å². The quantitative estimate of drug-likeness (QED) is 0.728. The van der Waals surface area contributed by atoms with Gasteiger partial charge in [-0.3, -0.25) is 4.98 Å². The SMILES string of the molecule is CCCNCCS(=O)(=O)NCc1cccc2cccnc12. The maximum absolute atomic E-state index is 11.9. The predicted molar refractivity (Wildman–Crippen MR) is 85.5 cm³/mol. The van der Waals surface area contributed by atoms with Gasteiger partial charge in [0.1, 0.15) is 0 Å². The highest BCUT2D eigenvalue weighted by molar-refractivity contribution is 7.89. The molecule has 0 spiro atoms. The van der Waals surface area contributed by atoms with Gasteiger partial charge in [-0.1, -0.05) is 31.2 Å². The van der Waals surface area contributed by atoms with Crippen LogP contribution in [0.1, 0.15) is 18.9 Å². The van der Waals surface area contributed by atoms with Crippen LogP contribution in [0, 0.1) is 0 Å². The van der Waals surface area contributed by atoms with E-state index in [4.69, 9.17) is 0 Å². The molecule has 2 N–H and O–H groups in total. The van der Waals surface area contributed by atoms with Crippen LogP contribution in [0.2, 0.25) is 0 Å². The lowest BCUT2D eigenvalue weighted by Gasteiger charge is -2.09. The van der Waals surface area contributed by atoms with Gasteiger partial charge in [0.2, 0.25) is 10.0 Å². The van der Waals surface area contributed by atoms with E-state index in [1.54, 1.807) is 6.20 Å². The van der Waals surface area contributed by atoms with Crippen LogP contribution >= 0.6 is 0 Å². The average molecular weight is 307 g/mol. The largest absolute Gasteiger partial charge is 0.316 e. The number of hydrogen-bond donors (Lipinski definition) is 2. The summed E-state index contributed by atoms with van der Waals surface area (Å²) in [5.74, 6) is 0.0885. The van der Waals surface area contributed by atoms with Crippen molar-refractivity contribution in [3.8, 4) is 0 Å². The lowest BCUT2D eigenvalue weighted by molar-refractivity contribution is 0.576. The molecule has 0 aliphatic rings. The van der Waals surface area contributed by atoms with Gasteiger partial charge in [-0.2, -0.15) is 0 Å². The molecule has 1 aromatic carbocycles. The monoisotopic (exact) mass is 307 g/mol. The smallest absolute Gasteiger partial charge is 0.213 e. The molecular weight excluding hydrogens is 286 g/mol. The van der Waals surface area contributed by atoms with Gasteiger partial charge in [0.15, 0.2) is 0 Å². The van der Waals surface area contributed by atoms with Crippen LogP contribution in [0.25, 0.3) is 10.9 Å². The van der Waals surface area contributed by atoms with E-state index in [1.807, 2.05) is 37.3 Å². The molecular formula is C15H21N3O2S. The van der Waals surface area contributed by atoms with Crippen LogP contribution in [-0.2, 0) is 16.6 Å². The highest BCUT2D eigenvalue weighted by Gasteiger charge is 2.10. The van der Waals surface area contributed by atoms with Crippen molar-refractivity contribution in [2.24, 2.45) is 0 Å². The number of para-hydroxylation sites is 1. The molecule has 2 aromatic rings. The number of pyridine rings is 1. The highest BCUT2D eigenvalue weighted by Crippen LogP contribution is 2.15. The van der Waals surface area contributed by atoms with Crippen LogP contribution in [0.5, 0.6) is 0 Å². The van der Waals surface area contributed by atoms with Crippen molar-refractivity contribution in [1.82, 2.24) is 15.0 Å². The van der Waals surface area contributed by atoms with Gasteiger partial charge in [0.25, 0.3) is 0 Å². The first-order chi connectivity index (χ1) is 10.1. The third-order valence-corrected chi connectivity index (χ3v) is 4.50. The van der Waals surface area contributed by atoms with Gasteiger partial charge in [0, 0.05) is 24.7 Å². The van der Waals surface area contributed by atoms with Crippen LogP contribution in [0.15, 0.2) is 36.5 Å². The summed E-state index contributed by atoms with van der Waals surface area (Å²) in [6.07, 6.45) is 2.71. The van der Waals surface area contributed by atoms with Crippen LogP contribution in [0.3, 0.4) is 0 Å². The minimum atomic E-state index is -3.27. The van der Waals surface area contributed by atoms with Gasteiger partial charge in [-0.15, -0.1) is 0 Å². The van der Waals surface area contributed by atoms with Gasteiger partial charge >= 0.3 is 0 Å². The van der Waals surface area contributed by atoms with E-state index < -0.39 is 10.0 Å².